The van der Waals surface area contributed by atoms with Crippen LogP contribution < -0.4 is 14.8 Å². The lowest BCUT2D eigenvalue weighted by Crippen LogP contribution is -2.20. The minimum Gasteiger partial charge on any atom is -0.490 e. The van der Waals surface area contributed by atoms with Gasteiger partial charge in [-0.25, -0.2) is 4.79 Å². The molecule has 6 nitrogen and oxygen atoms in total. The molecule has 144 valence electrons. The van der Waals surface area contributed by atoms with Gasteiger partial charge >= 0.3 is 5.97 Å². The van der Waals surface area contributed by atoms with Gasteiger partial charge in [-0.1, -0.05) is 31.5 Å². The molecule has 2 aromatic carbocycles. The Kier molecular flexibility index (Phi) is 8.16. The molecule has 0 atom stereocenters. The Morgan fingerprint density at radius 1 is 0.963 bits per heavy atom. The highest BCUT2D eigenvalue weighted by atomic mass is 16.5. The van der Waals surface area contributed by atoms with Crippen molar-refractivity contribution < 1.29 is 23.8 Å². The van der Waals surface area contributed by atoms with Gasteiger partial charge in [-0.05, 0) is 43.7 Å². The van der Waals surface area contributed by atoms with Crippen LogP contribution in [0, 0.1) is 0 Å². The fourth-order valence-corrected chi connectivity index (χ4v) is 2.30. The molecule has 27 heavy (non-hydrogen) atoms. The molecule has 0 unspecified atom stereocenters. The number of para-hydroxylation sites is 2. The molecule has 1 amide bonds. The van der Waals surface area contributed by atoms with Crippen LogP contribution in [0.1, 0.15) is 37.0 Å². The fourth-order valence-electron chi connectivity index (χ4n) is 2.30. The lowest BCUT2D eigenvalue weighted by molar-refractivity contribution is -0.118. The van der Waals surface area contributed by atoms with Gasteiger partial charge in [-0.15, -0.1) is 0 Å². The van der Waals surface area contributed by atoms with Crippen LogP contribution in [0.5, 0.6) is 11.5 Å². The number of rotatable bonds is 10. The summed E-state index contributed by atoms with van der Waals surface area (Å²) in [5.74, 6) is 0.353. The maximum atomic E-state index is 12.2. The first-order valence-electron chi connectivity index (χ1n) is 9.05. The van der Waals surface area contributed by atoms with E-state index in [0.29, 0.717) is 36.0 Å². The van der Waals surface area contributed by atoms with Crippen molar-refractivity contribution in [2.45, 2.75) is 26.7 Å². The van der Waals surface area contributed by atoms with Gasteiger partial charge in [-0.2, -0.15) is 0 Å². The molecule has 0 heterocycles. The third kappa shape index (κ3) is 6.66. The number of benzene rings is 2. The number of anilines is 1. The van der Waals surface area contributed by atoms with Crippen molar-refractivity contribution in [1.29, 1.82) is 0 Å². The highest BCUT2D eigenvalue weighted by molar-refractivity contribution is 5.95. The van der Waals surface area contributed by atoms with E-state index in [9.17, 15) is 9.59 Å². The van der Waals surface area contributed by atoms with Crippen molar-refractivity contribution in [3.8, 4) is 11.5 Å². The van der Waals surface area contributed by atoms with Crippen molar-refractivity contribution >= 4 is 17.6 Å². The van der Waals surface area contributed by atoms with Crippen LogP contribution in [0.15, 0.2) is 48.5 Å². The third-order valence-electron chi connectivity index (χ3n) is 3.62. The van der Waals surface area contributed by atoms with Gasteiger partial charge in [0.1, 0.15) is 0 Å². The quantitative estimate of drug-likeness (QED) is 0.504. The average Bonchev–Trinajstić information content (AvgIpc) is 2.68. The zero-order chi connectivity index (χ0) is 19.5. The van der Waals surface area contributed by atoms with Crippen LogP contribution in [-0.4, -0.2) is 31.7 Å². The molecule has 2 rings (SSSR count). The molecule has 1 N–H and O–H groups in total. The maximum absolute atomic E-state index is 12.2. The minimum absolute atomic E-state index is 0.171. The Morgan fingerprint density at radius 3 is 2.41 bits per heavy atom. The number of carbonyl (C=O) groups is 2. The van der Waals surface area contributed by atoms with Gasteiger partial charge in [0.2, 0.25) is 0 Å². The maximum Gasteiger partial charge on any atom is 0.338 e. The molecule has 0 aromatic heterocycles. The molecule has 0 saturated carbocycles. The van der Waals surface area contributed by atoms with Gasteiger partial charge < -0.3 is 19.5 Å². The molecule has 0 aliphatic carbocycles. The molecule has 0 aliphatic heterocycles. The Morgan fingerprint density at radius 2 is 1.70 bits per heavy atom. The summed E-state index contributed by atoms with van der Waals surface area (Å²) < 4.78 is 16.2. The molecule has 0 aliphatic rings. The number of nitrogens with one attached hydrogen (secondary N) is 1. The smallest absolute Gasteiger partial charge is 0.338 e. The van der Waals surface area contributed by atoms with Crippen LogP contribution >= 0.6 is 0 Å². The number of unbranched alkanes of at least 4 members (excludes halogenated alkanes) is 1. The van der Waals surface area contributed by atoms with E-state index in [-0.39, 0.29) is 12.5 Å². The van der Waals surface area contributed by atoms with Crippen LogP contribution in [-0.2, 0) is 9.53 Å². The van der Waals surface area contributed by atoms with Gasteiger partial charge in [0, 0.05) is 5.69 Å². The molecular formula is C21H25NO5. The summed E-state index contributed by atoms with van der Waals surface area (Å²) in [4.78, 5) is 24.1. The molecule has 2 aromatic rings. The second-order valence-corrected chi connectivity index (χ2v) is 5.79. The first kappa shape index (κ1) is 20.3. The number of ether oxygens (including phenoxy) is 3. The lowest BCUT2D eigenvalue weighted by Gasteiger charge is -2.12. The highest BCUT2D eigenvalue weighted by Crippen LogP contribution is 2.26. The number of hydrogen-bond donors (Lipinski definition) is 1. The van der Waals surface area contributed by atoms with E-state index in [0.717, 1.165) is 12.8 Å². The van der Waals surface area contributed by atoms with Crippen LogP contribution in [0.2, 0.25) is 0 Å². The summed E-state index contributed by atoms with van der Waals surface area (Å²) in [5, 5.41) is 2.71. The SMILES string of the molecule is CCCCOC(=O)c1cccc(NC(=O)COc2ccccc2OCC)c1. The Balaban J connectivity index is 1.90. The van der Waals surface area contributed by atoms with E-state index in [2.05, 4.69) is 5.32 Å². The zero-order valence-electron chi connectivity index (χ0n) is 15.7. The number of carbonyl (C=O) groups excluding carboxylic acids is 2. The topological polar surface area (TPSA) is 73.9 Å². The minimum atomic E-state index is -0.401. The Bertz CT molecular complexity index is 760. The highest BCUT2D eigenvalue weighted by Gasteiger charge is 2.11. The van der Waals surface area contributed by atoms with Crippen molar-refractivity contribution in [2.75, 3.05) is 25.1 Å². The molecule has 0 bridgehead atoms. The fraction of sp³-hybridized carbons (Fsp3) is 0.333. The number of esters is 1. The van der Waals surface area contributed by atoms with Crippen molar-refractivity contribution in [3.05, 3.63) is 54.1 Å². The summed E-state index contributed by atoms with van der Waals surface area (Å²) in [6.45, 7) is 4.63. The van der Waals surface area contributed by atoms with Gasteiger partial charge in [0.15, 0.2) is 18.1 Å². The van der Waals surface area contributed by atoms with Gasteiger partial charge in [0.25, 0.3) is 5.91 Å². The van der Waals surface area contributed by atoms with Crippen LogP contribution in [0.3, 0.4) is 0 Å². The monoisotopic (exact) mass is 371 g/mol. The number of amides is 1. The standard InChI is InChI=1S/C21H25NO5/c1-3-5-13-26-21(24)16-9-8-10-17(14-16)22-20(23)15-27-19-12-7-6-11-18(19)25-4-2/h6-12,14H,3-5,13,15H2,1-2H3,(H,22,23). The van der Waals surface area contributed by atoms with Crippen molar-refractivity contribution in [3.63, 3.8) is 0 Å². The molecule has 0 spiro atoms. The van der Waals surface area contributed by atoms with E-state index in [1.165, 1.54) is 0 Å². The molecule has 0 fully saturated rings. The summed E-state index contributed by atoms with van der Waals surface area (Å²) >= 11 is 0. The van der Waals surface area contributed by atoms with E-state index in [1.54, 1.807) is 36.4 Å². The predicted octanol–water partition coefficient (Wildman–Crippen LogP) is 4.06. The lowest BCUT2D eigenvalue weighted by atomic mass is 10.2. The van der Waals surface area contributed by atoms with Crippen LogP contribution in [0.4, 0.5) is 5.69 Å². The largest absolute Gasteiger partial charge is 0.490 e. The average molecular weight is 371 g/mol. The van der Waals surface area contributed by atoms with E-state index >= 15 is 0 Å². The van der Waals surface area contributed by atoms with Gasteiger partial charge in [-0.3, -0.25) is 4.79 Å². The first-order valence-corrected chi connectivity index (χ1v) is 9.05. The second-order valence-electron chi connectivity index (χ2n) is 5.79. The Hall–Kier alpha value is -3.02. The Labute approximate surface area is 159 Å². The normalized spacial score (nSPS) is 10.1. The summed E-state index contributed by atoms with van der Waals surface area (Å²) in [6.07, 6.45) is 1.78. The molecular weight excluding hydrogens is 346 g/mol. The van der Waals surface area contributed by atoms with Crippen LogP contribution in [0.25, 0.3) is 0 Å². The van der Waals surface area contributed by atoms with Crippen molar-refractivity contribution in [1.82, 2.24) is 0 Å². The van der Waals surface area contributed by atoms with E-state index in [1.807, 2.05) is 26.0 Å². The molecule has 6 heteroatoms. The summed E-state index contributed by atoms with van der Waals surface area (Å²) in [7, 11) is 0. The van der Waals surface area contributed by atoms with E-state index in [4.69, 9.17) is 14.2 Å². The summed E-state index contributed by atoms with van der Waals surface area (Å²) in [5.41, 5.74) is 0.901. The predicted molar refractivity (Wildman–Crippen MR) is 103 cm³/mol. The van der Waals surface area contributed by atoms with Crippen molar-refractivity contribution in [2.24, 2.45) is 0 Å². The first-order chi connectivity index (χ1) is 13.1. The third-order valence-corrected chi connectivity index (χ3v) is 3.62. The zero-order valence-corrected chi connectivity index (χ0v) is 15.7. The van der Waals surface area contributed by atoms with Gasteiger partial charge in [0.05, 0.1) is 18.8 Å². The molecule has 0 saturated heterocycles. The second kappa shape index (κ2) is 10.9. The molecule has 0 radical (unpaired) electrons. The van der Waals surface area contributed by atoms with E-state index < -0.39 is 5.97 Å². The summed E-state index contributed by atoms with van der Waals surface area (Å²) in [6, 6.07) is 13.8. The number of hydrogen-bond acceptors (Lipinski definition) is 5.